The van der Waals surface area contributed by atoms with Crippen LogP contribution in [0.15, 0.2) is 29.2 Å². The summed E-state index contributed by atoms with van der Waals surface area (Å²) in [5.41, 5.74) is 0. The average Bonchev–Trinajstić information content (AvgIpc) is 3.15. The molecule has 9 nitrogen and oxygen atoms in total. The highest BCUT2D eigenvalue weighted by Crippen LogP contribution is 2.28. The third-order valence-corrected chi connectivity index (χ3v) is 7.11. The third kappa shape index (κ3) is 4.88. The SMILES string of the molecule is COc1ccc(S(=O)(=O)N2CC(O)CC2C(=O)OCC(=O)N2CCCCC2)cc1. The van der Waals surface area contributed by atoms with Crippen LogP contribution in [0.3, 0.4) is 0 Å². The molecule has 0 spiro atoms. The highest BCUT2D eigenvalue weighted by Gasteiger charge is 2.44. The maximum atomic E-state index is 13.0. The van der Waals surface area contributed by atoms with E-state index in [1.807, 2.05) is 0 Å². The summed E-state index contributed by atoms with van der Waals surface area (Å²) in [6, 6.07) is 4.59. The van der Waals surface area contributed by atoms with Gasteiger partial charge in [0.2, 0.25) is 10.0 Å². The van der Waals surface area contributed by atoms with Crippen LogP contribution in [0.2, 0.25) is 0 Å². The van der Waals surface area contributed by atoms with Gasteiger partial charge in [0.1, 0.15) is 11.8 Å². The van der Waals surface area contributed by atoms with E-state index in [9.17, 15) is 23.1 Å². The second kappa shape index (κ2) is 9.10. The van der Waals surface area contributed by atoms with Gasteiger partial charge in [-0.15, -0.1) is 0 Å². The van der Waals surface area contributed by atoms with Crippen LogP contribution in [0.4, 0.5) is 0 Å². The number of aliphatic hydroxyl groups excluding tert-OH is 1. The summed E-state index contributed by atoms with van der Waals surface area (Å²) >= 11 is 0. The van der Waals surface area contributed by atoms with Gasteiger partial charge >= 0.3 is 5.97 Å². The first-order valence-corrected chi connectivity index (χ1v) is 11.1. The van der Waals surface area contributed by atoms with E-state index in [0.717, 1.165) is 23.6 Å². The molecule has 0 aromatic heterocycles. The van der Waals surface area contributed by atoms with E-state index in [0.29, 0.717) is 18.8 Å². The molecule has 2 unspecified atom stereocenters. The Labute approximate surface area is 170 Å². The summed E-state index contributed by atoms with van der Waals surface area (Å²) in [5.74, 6) is -0.622. The van der Waals surface area contributed by atoms with Gasteiger partial charge in [0.05, 0.1) is 18.1 Å². The van der Waals surface area contributed by atoms with Gasteiger partial charge < -0.3 is 19.5 Å². The Bertz CT molecular complexity index is 835. The van der Waals surface area contributed by atoms with Crippen molar-refractivity contribution in [3.8, 4) is 5.75 Å². The molecule has 29 heavy (non-hydrogen) atoms. The molecule has 3 rings (SSSR count). The van der Waals surface area contributed by atoms with E-state index in [1.54, 1.807) is 4.90 Å². The standard InChI is InChI=1S/C19H26N2O7S/c1-27-15-5-7-16(8-6-15)29(25,26)21-12-14(22)11-17(21)19(24)28-13-18(23)20-9-3-2-4-10-20/h5-8,14,17,22H,2-4,9-13H2,1H3. The van der Waals surface area contributed by atoms with Crippen LogP contribution in [0.1, 0.15) is 25.7 Å². The number of hydrogen-bond donors (Lipinski definition) is 1. The molecule has 0 bridgehead atoms. The predicted molar refractivity (Wildman–Crippen MR) is 103 cm³/mol. The Morgan fingerprint density at radius 2 is 1.79 bits per heavy atom. The van der Waals surface area contributed by atoms with Crippen LogP contribution in [0.25, 0.3) is 0 Å². The quantitative estimate of drug-likeness (QED) is 0.654. The van der Waals surface area contributed by atoms with Crippen LogP contribution in [0, 0.1) is 0 Å². The number of benzene rings is 1. The first kappa shape index (κ1) is 21.5. The Morgan fingerprint density at radius 3 is 2.41 bits per heavy atom. The summed E-state index contributed by atoms with van der Waals surface area (Å²) < 4.78 is 37.0. The minimum absolute atomic E-state index is 0.0189. The van der Waals surface area contributed by atoms with Crippen LogP contribution >= 0.6 is 0 Å². The minimum Gasteiger partial charge on any atom is -0.497 e. The summed E-state index contributed by atoms with van der Waals surface area (Å²) in [7, 11) is -2.56. The highest BCUT2D eigenvalue weighted by atomic mass is 32.2. The number of piperidine rings is 1. The lowest BCUT2D eigenvalue weighted by Crippen LogP contribution is -2.43. The fraction of sp³-hybridized carbons (Fsp3) is 0.579. The topological polar surface area (TPSA) is 113 Å². The van der Waals surface area contributed by atoms with Gasteiger partial charge in [-0.25, -0.2) is 8.42 Å². The zero-order chi connectivity index (χ0) is 21.0. The number of esters is 1. The van der Waals surface area contributed by atoms with Crippen molar-refractivity contribution in [3.63, 3.8) is 0 Å². The number of β-amino-alcohol motifs (C(OH)–C–C–N with tert-alkyl or cyclic N) is 1. The molecule has 160 valence electrons. The molecular formula is C19H26N2O7S. The molecule has 2 fully saturated rings. The van der Waals surface area contributed by atoms with E-state index >= 15 is 0 Å². The van der Waals surface area contributed by atoms with Gasteiger partial charge in [-0.2, -0.15) is 4.31 Å². The van der Waals surface area contributed by atoms with Gasteiger partial charge in [-0.3, -0.25) is 9.59 Å². The van der Waals surface area contributed by atoms with E-state index < -0.39 is 34.7 Å². The molecule has 2 atom stereocenters. The number of ether oxygens (including phenoxy) is 2. The van der Waals surface area contributed by atoms with Crippen molar-refractivity contribution in [2.24, 2.45) is 0 Å². The number of carbonyl (C=O) groups excluding carboxylic acids is 2. The molecule has 1 aromatic rings. The fourth-order valence-corrected chi connectivity index (χ4v) is 5.24. The number of sulfonamides is 1. The van der Waals surface area contributed by atoms with Crippen molar-refractivity contribution in [3.05, 3.63) is 24.3 Å². The number of hydrogen-bond acceptors (Lipinski definition) is 7. The maximum absolute atomic E-state index is 13.0. The first-order chi connectivity index (χ1) is 13.8. The van der Waals surface area contributed by atoms with Crippen LogP contribution in [-0.4, -0.2) is 80.1 Å². The molecule has 1 aromatic carbocycles. The predicted octanol–water partition coefficient (Wildman–Crippen LogP) is 0.375. The Balaban J connectivity index is 1.68. The summed E-state index contributed by atoms with van der Waals surface area (Å²) in [4.78, 5) is 26.4. The smallest absolute Gasteiger partial charge is 0.325 e. The molecule has 0 radical (unpaired) electrons. The highest BCUT2D eigenvalue weighted by molar-refractivity contribution is 7.89. The Morgan fingerprint density at radius 1 is 1.14 bits per heavy atom. The molecule has 2 aliphatic heterocycles. The van der Waals surface area contributed by atoms with Crippen LogP contribution < -0.4 is 4.74 Å². The first-order valence-electron chi connectivity index (χ1n) is 9.61. The monoisotopic (exact) mass is 426 g/mol. The number of nitrogens with zero attached hydrogens (tertiary/aromatic N) is 2. The van der Waals surface area contributed by atoms with Gasteiger partial charge in [-0.1, -0.05) is 0 Å². The van der Waals surface area contributed by atoms with Gasteiger partial charge in [0, 0.05) is 26.1 Å². The molecule has 0 saturated carbocycles. The third-order valence-electron chi connectivity index (χ3n) is 5.22. The number of amides is 1. The number of rotatable bonds is 6. The lowest BCUT2D eigenvalue weighted by molar-refractivity contribution is -0.155. The number of aliphatic hydroxyl groups is 1. The molecule has 1 amide bonds. The normalized spacial score (nSPS) is 23.0. The van der Waals surface area contributed by atoms with Gasteiger partial charge in [0.25, 0.3) is 5.91 Å². The van der Waals surface area contributed by atoms with Crippen LogP contribution in [0.5, 0.6) is 5.75 Å². The Kier molecular flexibility index (Phi) is 6.76. The Hall–Kier alpha value is -2.17. The van der Waals surface area contributed by atoms with Crippen molar-refractivity contribution < 1.29 is 32.6 Å². The summed E-state index contributed by atoms with van der Waals surface area (Å²) in [6.07, 6.45) is 1.84. The van der Waals surface area contributed by atoms with Crippen molar-refractivity contribution in [2.75, 3.05) is 33.4 Å². The van der Waals surface area contributed by atoms with E-state index in [-0.39, 0.29) is 23.8 Å². The van der Waals surface area contributed by atoms with E-state index in [1.165, 1.54) is 31.4 Å². The van der Waals surface area contributed by atoms with Crippen LogP contribution in [-0.2, 0) is 24.3 Å². The fourth-order valence-electron chi connectivity index (χ4n) is 3.61. The summed E-state index contributed by atoms with van der Waals surface area (Å²) in [6.45, 7) is 0.628. The number of methoxy groups -OCH3 is 1. The molecule has 2 saturated heterocycles. The average molecular weight is 426 g/mol. The second-order valence-electron chi connectivity index (χ2n) is 7.20. The molecule has 2 heterocycles. The molecule has 10 heteroatoms. The van der Waals surface area contributed by atoms with Gasteiger partial charge in [-0.05, 0) is 43.5 Å². The second-order valence-corrected chi connectivity index (χ2v) is 9.10. The van der Waals surface area contributed by atoms with Crippen molar-refractivity contribution in [2.45, 2.75) is 42.7 Å². The zero-order valence-electron chi connectivity index (χ0n) is 16.3. The molecule has 1 N–H and O–H groups in total. The van der Waals surface area contributed by atoms with Crippen molar-refractivity contribution in [1.29, 1.82) is 0 Å². The largest absolute Gasteiger partial charge is 0.497 e. The maximum Gasteiger partial charge on any atom is 0.325 e. The van der Waals surface area contributed by atoms with Gasteiger partial charge in [0.15, 0.2) is 6.61 Å². The zero-order valence-corrected chi connectivity index (χ0v) is 17.1. The number of likely N-dealkylation sites (tertiary alicyclic amines) is 1. The molecule has 2 aliphatic rings. The number of carbonyl (C=O) groups is 2. The molecular weight excluding hydrogens is 400 g/mol. The summed E-state index contributed by atoms with van der Waals surface area (Å²) in [5, 5.41) is 9.98. The minimum atomic E-state index is -4.03. The lowest BCUT2D eigenvalue weighted by Gasteiger charge is -2.27. The van der Waals surface area contributed by atoms with Crippen molar-refractivity contribution in [1.82, 2.24) is 9.21 Å². The molecule has 0 aliphatic carbocycles. The lowest BCUT2D eigenvalue weighted by atomic mass is 10.1. The van der Waals surface area contributed by atoms with E-state index in [2.05, 4.69) is 0 Å². The van der Waals surface area contributed by atoms with E-state index in [4.69, 9.17) is 9.47 Å². The van der Waals surface area contributed by atoms with Crippen molar-refractivity contribution >= 4 is 21.9 Å².